The molecule has 2 aromatic carbocycles. The van der Waals surface area contributed by atoms with E-state index in [1.54, 1.807) is 0 Å². The van der Waals surface area contributed by atoms with Gasteiger partial charge in [0.2, 0.25) is 0 Å². The summed E-state index contributed by atoms with van der Waals surface area (Å²) in [6, 6.07) is 9.47. The van der Waals surface area contributed by atoms with Crippen LogP contribution in [0.2, 0.25) is 0 Å². The van der Waals surface area contributed by atoms with Crippen LogP contribution in [-0.4, -0.2) is 23.1 Å². The van der Waals surface area contributed by atoms with Crippen molar-refractivity contribution in [3.63, 3.8) is 0 Å². The van der Waals surface area contributed by atoms with Crippen LogP contribution >= 0.6 is 0 Å². The minimum Gasteiger partial charge on any atom is -0.392 e. The van der Waals surface area contributed by atoms with Crippen molar-refractivity contribution >= 4 is 0 Å². The van der Waals surface area contributed by atoms with Gasteiger partial charge in [0.1, 0.15) is 5.82 Å². The van der Waals surface area contributed by atoms with Crippen molar-refractivity contribution in [1.29, 1.82) is 0 Å². The second-order valence-electron chi connectivity index (χ2n) is 6.43. The molecule has 0 bridgehead atoms. The minimum atomic E-state index is -1.14. The minimum absolute atomic E-state index is 0.0229. The Kier molecular flexibility index (Phi) is 5.21. The van der Waals surface area contributed by atoms with E-state index >= 15 is 0 Å². The topological polar surface area (TPSA) is 23.5 Å². The van der Waals surface area contributed by atoms with E-state index in [0.717, 1.165) is 43.1 Å². The largest absolute Gasteiger partial charge is 0.392 e. The molecule has 3 rings (SSSR count). The number of benzene rings is 2. The van der Waals surface area contributed by atoms with Crippen molar-refractivity contribution in [3.8, 4) is 0 Å². The van der Waals surface area contributed by atoms with Gasteiger partial charge >= 0.3 is 0 Å². The van der Waals surface area contributed by atoms with Gasteiger partial charge in [-0.15, -0.1) is 0 Å². The van der Waals surface area contributed by atoms with Crippen molar-refractivity contribution in [2.75, 3.05) is 13.1 Å². The van der Waals surface area contributed by atoms with Gasteiger partial charge in [0, 0.05) is 24.7 Å². The lowest BCUT2D eigenvalue weighted by molar-refractivity contribution is 0.281. The third-order valence-corrected chi connectivity index (χ3v) is 4.53. The molecule has 2 aromatic rings. The fourth-order valence-corrected chi connectivity index (χ4v) is 3.38. The lowest BCUT2D eigenvalue weighted by Gasteiger charge is -2.17. The first-order valence-corrected chi connectivity index (χ1v) is 8.09. The monoisotopic (exact) mass is 335 g/mol. The molecule has 1 fully saturated rings. The lowest BCUT2D eigenvalue weighted by atomic mass is 9.97. The van der Waals surface area contributed by atoms with Crippen molar-refractivity contribution in [1.82, 2.24) is 4.90 Å². The van der Waals surface area contributed by atoms with E-state index in [1.807, 2.05) is 29.2 Å². The van der Waals surface area contributed by atoms with Crippen molar-refractivity contribution in [2.24, 2.45) is 5.92 Å². The standard InChI is InChI=1S/C19H20F3NO/c20-17-8-16(19(22)18(21)9-17)11-23-5-4-14(10-23)6-13-2-1-3-15(7-13)12-24/h1-3,7-9,14,24H,4-6,10-12H2/t14-/m1/s1. The summed E-state index contributed by atoms with van der Waals surface area (Å²) in [5.41, 5.74) is 2.12. The van der Waals surface area contributed by atoms with Crippen LogP contribution in [0.4, 0.5) is 13.2 Å². The summed E-state index contributed by atoms with van der Waals surface area (Å²) < 4.78 is 40.3. The van der Waals surface area contributed by atoms with E-state index in [4.69, 9.17) is 0 Å². The van der Waals surface area contributed by atoms with Crippen LogP contribution in [0.15, 0.2) is 36.4 Å². The molecule has 0 aromatic heterocycles. The smallest absolute Gasteiger partial charge is 0.163 e. The van der Waals surface area contributed by atoms with Crippen molar-refractivity contribution in [2.45, 2.75) is 26.0 Å². The zero-order valence-electron chi connectivity index (χ0n) is 13.3. The van der Waals surface area contributed by atoms with Gasteiger partial charge in [-0.2, -0.15) is 0 Å². The molecule has 24 heavy (non-hydrogen) atoms. The quantitative estimate of drug-likeness (QED) is 0.843. The molecular weight excluding hydrogens is 315 g/mol. The number of likely N-dealkylation sites (tertiary alicyclic amines) is 1. The molecule has 0 unspecified atom stereocenters. The van der Waals surface area contributed by atoms with E-state index in [9.17, 15) is 18.3 Å². The molecule has 1 aliphatic rings. The average molecular weight is 335 g/mol. The maximum atomic E-state index is 13.8. The lowest BCUT2D eigenvalue weighted by Crippen LogP contribution is -2.21. The van der Waals surface area contributed by atoms with Gasteiger partial charge in [0.25, 0.3) is 0 Å². The van der Waals surface area contributed by atoms with Gasteiger partial charge in [-0.25, -0.2) is 13.2 Å². The molecular formula is C19H20F3NO. The number of nitrogens with zero attached hydrogens (tertiary/aromatic N) is 1. The molecule has 0 saturated carbocycles. The molecule has 0 amide bonds. The third kappa shape index (κ3) is 3.97. The van der Waals surface area contributed by atoms with E-state index in [-0.39, 0.29) is 18.7 Å². The molecule has 1 heterocycles. The van der Waals surface area contributed by atoms with Crippen LogP contribution in [0.1, 0.15) is 23.1 Å². The molecule has 5 heteroatoms. The highest BCUT2D eigenvalue weighted by Gasteiger charge is 2.24. The zero-order chi connectivity index (χ0) is 17.1. The number of rotatable bonds is 5. The van der Waals surface area contributed by atoms with Gasteiger partial charge in [0.15, 0.2) is 11.6 Å². The number of aliphatic hydroxyl groups is 1. The van der Waals surface area contributed by atoms with E-state index in [2.05, 4.69) is 0 Å². The molecule has 0 aliphatic carbocycles. The predicted octanol–water partition coefficient (Wildman–Crippen LogP) is 3.66. The molecule has 0 radical (unpaired) electrons. The zero-order valence-corrected chi connectivity index (χ0v) is 13.3. The SMILES string of the molecule is OCc1cccc(C[C@H]2CCN(Cc3cc(F)cc(F)c3F)C2)c1. The molecule has 1 N–H and O–H groups in total. The van der Waals surface area contributed by atoms with E-state index in [0.29, 0.717) is 12.0 Å². The first-order chi connectivity index (χ1) is 11.5. The Labute approximate surface area is 139 Å². The fourth-order valence-electron chi connectivity index (χ4n) is 3.38. The van der Waals surface area contributed by atoms with Gasteiger partial charge in [-0.3, -0.25) is 4.90 Å². The number of hydrogen-bond acceptors (Lipinski definition) is 2. The van der Waals surface area contributed by atoms with Crippen LogP contribution in [0.3, 0.4) is 0 Å². The summed E-state index contributed by atoms with van der Waals surface area (Å²) >= 11 is 0. The molecule has 1 aliphatic heterocycles. The van der Waals surface area contributed by atoms with Gasteiger partial charge in [0.05, 0.1) is 6.61 Å². The molecule has 0 spiro atoms. The van der Waals surface area contributed by atoms with Crippen LogP contribution in [0, 0.1) is 23.4 Å². The summed E-state index contributed by atoms with van der Waals surface area (Å²) in [6.45, 7) is 1.78. The summed E-state index contributed by atoms with van der Waals surface area (Å²) in [6.07, 6.45) is 1.84. The predicted molar refractivity (Wildman–Crippen MR) is 85.8 cm³/mol. The summed E-state index contributed by atoms with van der Waals surface area (Å²) in [5, 5.41) is 9.19. The Morgan fingerprint density at radius 3 is 2.67 bits per heavy atom. The molecule has 2 nitrogen and oxygen atoms in total. The number of halogens is 3. The number of aliphatic hydroxyl groups excluding tert-OH is 1. The Bertz CT molecular complexity index is 720. The van der Waals surface area contributed by atoms with Gasteiger partial charge in [-0.05, 0) is 42.5 Å². The fraction of sp³-hybridized carbons (Fsp3) is 0.368. The highest BCUT2D eigenvalue weighted by molar-refractivity contribution is 5.24. The van der Waals surface area contributed by atoms with Gasteiger partial charge < -0.3 is 5.11 Å². The summed E-state index contributed by atoms with van der Waals surface area (Å²) in [5.74, 6) is -2.43. The molecule has 128 valence electrons. The van der Waals surface area contributed by atoms with Crippen molar-refractivity contribution < 1.29 is 18.3 Å². The average Bonchev–Trinajstić information content (AvgIpc) is 2.99. The van der Waals surface area contributed by atoms with E-state index in [1.165, 1.54) is 0 Å². The maximum absolute atomic E-state index is 13.8. The van der Waals surface area contributed by atoms with Gasteiger partial charge in [-0.1, -0.05) is 24.3 Å². The summed E-state index contributed by atoms with van der Waals surface area (Å²) in [4.78, 5) is 2.03. The Balaban J connectivity index is 1.61. The maximum Gasteiger partial charge on any atom is 0.163 e. The third-order valence-electron chi connectivity index (χ3n) is 4.53. The highest BCUT2D eigenvalue weighted by Crippen LogP contribution is 2.24. The van der Waals surface area contributed by atoms with E-state index < -0.39 is 17.5 Å². The Hall–Kier alpha value is -1.85. The van der Waals surface area contributed by atoms with Crippen molar-refractivity contribution in [3.05, 3.63) is 70.5 Å². The van der Waals surface area contributed by atoms with Crippen LogP contribution in [-0.2, 0) is 19.6 Å². The number of hydrogen-bond donors (Lipinski definition) is 1. The molecule has 1 atom stereocenters. The second-order valence-corrected chi connectivity index (χ2v) is 6.43. The first kappa shape index (κ1) is 17.0. The highest BCUT2D eigenvalue weighted by atomic mass is 19.2. The van der Waals surface area contributed by atoms with Crippen LogP contribution in [0.5, 0.6) is 0 Å². The second kappa shape index (κ2) is 7.36. The van der Waals surface area contributed by atoms with Crippen LogP contribution < -0.4 is 0 Å². The Morgan fingerprint density at radius 2 is 1.88 bits per heavy atom. The Morgan fingerprint density at radius 1 is 1.08 bits per heavy atom. The molecule has 1 saturated heterocycles. The summed E-state index contributed by atoms with van der Waals surface area (Å²) in [7, 11) is 0. The van der Waals surface area contributed by atoms with Crippen LogP contribution in [0.25, 0.3) is 0 Å². The normalized spacial score (nSPS) is 18.2. The first-order valence-electron chi connectivity index (χ1n) is 8.09.